The van der Waals surface area contributed by atoms with Crippen molar-refractivity contribution in [3.05, 3.63) is 29.3 Å². The normalized spacial score (nSPS) is 17.4. The fraction of sp³-hybridized carbons (Fsp3) is 0.462. The highest BCUT2D eigenvalue weighted by atomic mass is 19.4. The van der Waals surface area contributed by atoms with E-state index in [4.69, 9.17) is 5.11 Å². The molecule has 0 spiro atoms. The van der Waals surface area contributed by atoms with Crippen LogP contribution in [0, 0.1) is 11.3 Å². The number of nitriles is 1. The van der Waals surface area contributed by atoms with E-state index in [1.54, 1.807) is 0 Å². The predicted octanol–water partition coefficient (Wildman–Crippen LogP) is 3.02. The third-order valence-corrected chi connectivity index (χ3v) is 3.43. The summed E-state index contributed by atoms with van der Waals surface area (Å²) in [5, 5.41) is 18.3. The Bertz CT molecular complexity index is 516. The first-order valence-corrected chi connectivity index (χ1v) is 5.81. The van der Waals surface area contributed by atoms with Gasteiger partial charge >= 0.3 is 6.36 Å². The molecule has 1 N–H and O–H groups in total. The Hall–Kier alpha value is -1.74. The highest BCUT2D eigenvalue weighted by Crippen LogP contribution is 2.44. The van der Waals surface area contributed by atoms with Gasteiger partial charge in [-0.25, -0.2) is 0 Å². The molecule has 3 nitrogen and oxygen atoms in total. The zero-order valence-electron chi connectivity index (χ0n) is 10.00. The van der Waals surface area contributed by atoms with Gasteiger partial charge in [-0.15, -0.1) is 13.2 Å². The van der Waals surface area contributed by atoms with E-state index in [2.05, 4.69) is 10.8 Å². The van der Waals surface area contributed by atoms with Crippen LogP contribution in [0.5, 0.6) is 5.75 Å². The summed E-state index contributed by atoms with van der Waals surface area (Å²) in [7, 11) is 0. The number of nitrogens with zero attached hydrogens (tertiary/aromatic N) is 1. The van der Waals surface area contributed by atoms with Crippen molar-refractivity contribution in [2.75, 3.05) is 0 Å². The molecule has 6 heteroatoms. The van der Waals surface area contributed by atoms with E-state index in [1.807, 2.05) is 0 Å². The number of hydrogen-bond acceptors (Lipinski definition) is 3. The molecule has 1 aliphatic carbocycles. The van der Waals surface area contributed by atoms with Gasteiger partial charge in [0.25, 0.3) is 0 Å². The second-order valence-electron chi connectivity index (χ2n) is 4.58. The third kappa shape index (κ3) is 2.66. The Kier molecular flexibility index (Phi) is 3.42. The first kappa shape index (κ1) is 13.7. The number of alkyl halides is 3. The van der Waals surface area contributed by atoms with E-state index >= 15 is 0 Å². The summed E-state index contributed by atoms with van der Waals surface area (Å²) in [6, 6.07) is 6.25. The van der Waals surface area contributed by atoms with Gasteiger partial charge in [0.15, 0.2) is 0 Å². The summed E-state index contributed by atoms with van der Waals surface area (Å²) in [5.41, 5.74) is 0.0527. The van der Waals surface area contributed by atoms with Gasteiger partial charge in [0.05, 0.1) is 18.1 Å². The first-order valence-electron chi connectivity index (χ1n) is 5.81. The SMILES string of the molecule is N#CC1(c2ccc(OC(F)(F)F)c(CO)c2)CCC1. The Labute approximate surface area is 108 Å². The Balaban J connectivity index is 2.34. The summed E-state index contributed by atoms with van der Waals surface area (Å²) >= 11 is 0. The van der Waals surface area contributed by atoms with Crippen LogP contribution in [0.25, 0.3) is 0 Å². The highest BCUT2D eigenvalue weighted by molar-refractivity contribution is 5.43. The van der Waals surface area contributed by atoms with Gasteiger partial charge in [-0.1, -0.05) is 6.07 Å². The van der Waals surface area contributed by atoms with Crippen molar-refractivity contribution in [1.29, 1.82) is 5.26 Å². The molecule has 0 unspecified atom stereocenters. The van der Waals surface area contributed by atoms with Crippen molar-refractivity contribution in [2.24, 2.45) is 0 Å². The van der Waals surface area contributed by atoms with E-state index in [9.17, 15) is 18.4 Å². The fourth-order valence-corrected chi connectivity index (χ4v) is 2.22. The summed E-state index contributed by atoms with van der Waals surface area (Å²) in [4.78, 5) is 0. The van der Waals surface area contributed by atoms with Crippen LogP contribution >= 0.6 is 0 Å². The van der Waals surface area contributed by atoms with Gasteiger partial charge in [0, 0.05) is 5.56 Å². The van der Waals surface area contributed by atoms with Crippen molar-refractivity contribution >= 4 is 0 Å². The molecule has 0 aromatic heterocycles. The van der Waals surface area contributed by atoms with E-state index in [0.717, 1.165) is 12.5 Å². The minimum absolute atomic E-state index is 0.0383. The summed E-state index contributed by atoms with van der Waals surface area (Å²) in [6.07, 6.45) is -2.50. The van der Waals surface area contributed by atoms with E-state index < -0.39 is 24.1 Å². The van der Waals surface area contributed by atoms with Crippen LogP contribution in [0.3, 0.4) is 0 Å². The summed E-state index contributed by atoms with van der Waals surface area (Å²) < 4.78 is 40.4. The molecule has 1 aliphatic rings. The molecule has 0 saturated heterocycles. The van der Waals surface area contributed by atoms with Crippen molar-refractivity contribution in [1.82, 2.24) is 0 Å². The van der Waals surface area contributed by atoms with Crippen LogP contribution < -0.4 is 4.74 Å². The van der Waals surface area contributed by atoms with Crippen molar-refractivity contribution in [2.45, 2.75) is 37.6 Å². The predicted molar refractivity (Wildman–Crippen MR) is 60.2 cm³/mol. The minimum atomic E-state index is -4.80. The molecule has 0 amide bonds. The molecule has 1 fully saturated rings. The van der Waals surface area contributed by atoms with Gasteiger partial charge in [-0.3, -0.25) is 0 Å². The van der Waals surface area contributed by atoms with Crippen LogP contribution in [0.15, 0.2) is 18.2 Å². The molecule has 0 atom stereocenters. The fourth-order valence-electron chi connectivity index (χ4n) is 2.22. The molecular formula is C13H12F3NO2. The van der Waals surface area contributed by atoms with E-state index in [1.165, 1.54) is 12.1 Å². The number of rotatable bonds is 3. The molecule has 1 aromatic rings. The number of benzene rings is 1. The van der Waals surface area contributed by atoms with Crippen LogP contribution in [-0.4, -0.2) is 11.5 Å². The molecule has 2 rings (SSSR count). The Morgan fingerprint density at radius 3 is 2.47 bits per heavy atom. The van der Waals surface area contributed by atoms with Gasteiger partial charge in [-0.2, -0.15) is 5.26 Å². The molecule has 0 heterocycles. The molecule has 0 aliphatic heterocycles. The van der Waals surface area contributed by atoms with Crippen LogP contribution in [0.4, 0.5) is 13.2 Å². The van der Waals surface area contributed by atoms with E-state index in [0.29, 0.717) is 18.4 Å². The molecule has 102 valence electrons. The molecular weight excluding hydrogens is 259 g/mol. The van der Waals surface area contributed by atoms with Gasteiger partial charge in [0.2, 0.25) is 0 Å². The largest absolute Gasteiger partial charge is 0.573 e. The van der Waals surface area contributed by atoms with Gasteiger partial charge in [0.1, 0.15) is 5.75 Å². The monoisotopic (exact) mass is 271 g/mol. The van der Waals surface area contributed by atoms with Crippen molar-refractivity contribution in [3.8, 4) is 11.8 Å². The average Bonchev–Trinajstić information content (AvgIpc) is 2.28. The molecule has 1 aromatic carbocycles. The lowest BCUT2D eigenvalue weighted by Gasteiger charge is -2.36. The maximum absolute atomic E-state index is 12.2. The summed E-state index contributed by atoms with van der Waals surface area (Å²) in [6.45, 7) is -0.569. The zero-order chi connectivity index (χ0) is 14.1. The molecule has 0 radical (unpaired) electrons. The standard InChI is InChI=1S/C13H12F3NO2/c14-13(15,16)19-11-3-2-10(6-9(11)7-18)12(8-17)4-1-5-12/h2-3,6,18H,1,4-5,7H2. The second-order valence-corrected chi connectivity index (χ2v) is 4.58. The average molecular weight is 271 g/mol. The lowest BCUT2D eigenvalue weighted by atomic mass is 9.65. The number of ether oxygens (including phenoxy) is 1. The topological polar surface area (TPSA) is 53.2 Å². The molecule has 0 bridgehead atoms. The van der Waals surface area contributed by atoms with Crippen LogP contribution in [0.1, 0.15) is 30.4 Å². The van der Waals surface area contributed by atoms with Crippen LogP contribution in [-0.2, 0) is 12.0 Å². The van der Waals surface area contributed by atoms with E-state index in [-0.39, 0.29) is 5.56 Å². The lowest BCUT2D eigenvalue weighted by Crippen LogP contribution is -2.32. The number of aliphatic hydroxyl groups excluding tert-OH is 1. The van der Waals surface area contributed by atoms with Crippen LogP contribution in [0.2, 0.25) is 0 Å². The quantitative estimate of drug-likeness (QED) is 0.919. The number of halogens is 3. The maximum atomic E-state index is 12.2. The summed E-state index contributed by atoms with van der Waals surface area (Å²) in [5.74, 6) is -0.425. The molecule has 19 heavy (non-hydrogen) atoms. The van der Waals surface area contributed by atoms with Crippen molar-refractivity contribution in [3.63, 3.8) is 0 Å². The van der Waals surface area contributed by atoms with Gasteiger partial charge in [-0.05, 0) is 37.0 Å². The minimum Gasteiger partial charge on any atom is -0.405 e. The second kappa shape index (κ2) is 4.74. The Morgan fingerprint density at radius 2 is 2.05 bits per heavy atom. The maximum Gasteiger partial charge on any atom is 0.573 e. The van der Waals surface area contributed by atoms with Crippen molar-refractivity contribution < 1.29 is 23.0 Å². The highest BCUT2D eigenvalue weighted by Gasteiger charge is 2.39. The number of hydrogen-bond donors (Lipinski definition) is 1. The third-order valence-electron chi connectivity index (χ3n) is 3.43. The van der Waals surface area contributed by atoms with Gasteiger partial charge < -0.3 is 9.84 Å². The Morgan fingerprint density at radius 1 is 1.37 bits per heavy atom. The number of aliphatic hydroxyl groups is 1. The smallest absolute Gasteiger partial charge is 0.405 e. The zero-order valence-corrected chi connectivity index (χ0v) is 10.00. The molecule has 1 saturated carbocycles. The lowest BCUT2D eigenvalue weighted by molar-refractivity contribution is -0.275. The first-order chi connectivity index (χ1) is 8.90.